The fourth-order valence-electron chi connectivity index (χ4n) is 2.24. The monoisotopic (exact) mass is 441 g/mol. The van der Waals surface area contributed by atoms with Crippen LogP contribution in [0.5, 0.6) is 5.75 Å². The van der Waals surface area contributed by atoms with Crippen molar-refractivity contribution in [1.82, 2.24) is 9.71 Å². The van der Waals surface area contributed by atoms with Crippen LogP contribution in [0.25, 0.3) is 0 Å². The van der Waals surface area contributed by atoms with Crippen LogP contribution in [0.2, 0.25) is 0 Å². The zero-order chi connectivity index (χ0) is 21.6. The first-order valence-electron chi connectivity index (χ1n) is 8.67. The second kappa shape index (κ2) is 9.81. The summed E-state index contributed by atoms with van der Waals surface area (Å²) in [7, 11) is -2.50. The molecule has 0 aliphatic rings. The molecule has 0 fully saturated rings. The number of thiazole rings is 1. The number of benzene rings is 1. The molecule has 0 saturated heterocycles. The second-order valence-electron chi connectivity index (χ2n) is 6.47. The fourth-order valence-corrected chi connectivity index (χ4v) is 4.28. The van der Waals surface area contributed by atoms with Crippen LogP contribution in [0.3, 0.4) is 0 Å². The van der Waals surface area contributed by atoms with Gasteiger partial charge in [-0.05, 0) is 37.1 Å². The Labute approximate surface area is 173 Å². The van der Waals surface area contributed by atoms with Crippen molar-refractivity contribution >= 4 is 38.4 Å². The summed E-state index contributed by atoms with van der Waals surface area (Å²) in [5.74, 6) is -1.30. The zero-order valence-electron chi connectivity index (χ0n) is 16.5. The number of aromatic nitrogens is 1. The number of anilines is 1. The van der Waals surface area contributed by atoms with E-state index >= 15 is 0 Å². The number of rotatable bonds is 9. The maximum Gasteiger partial charge on any atom is 0.324 e. The highest BCUT2D eigenvalue weighted by Gasteiger charge is 2.30. The molecule has 0 saturated carbocycles. The van der Waals surface area contributed by atoms with Gasteiger partial charge >= 0.3 is 5.97 Å². The predicted molar refractivity (Wildman–Crippen MR) is 108 cm³/mol. The van der Waals surface area contributed by atoms with E-state index in [-0.39, 0.29) is 4.90 Å². The number of ether oxygens (including phenoxy) is 2. The lowest BCUT2D eigenvalue weighted by Crippen LogP contribution is -2.45. The Kier molecular flexibility index (Phi) is 7.71. The van der Waals surface area contributed by atoms with Crippen LogP contribution in [0.1, 0.15) is 19.5 Å². The van der Waals surface area contributed by atoms with Gasteiger partial charge in [0, 0.05) is 5.38 Å². The molecule has 2 rings (SSSR count). The van der Waals surface area contributed by atoms with E-state index in [4.69, 9.17) is 9.47 Å². The van der Waals surface area contributed by atoms with Crippen molar-refractivity contribution < 1.29 is 27.5 Å². The summed E-state index contributed by atoms with van der Waals surface area (Å²) in [5.41, 5.74) is 0.759. The highest BCUT2D eigenvalue weighted by molar-refractivity contribution is 7.89. The number of amides is 1. The number of aryl methyl sites for hydroxylation is 1. The molecule has 1 aromatic carbocycles. The standard InChI is InChI=1S/C18H23N3O6S2/c1-11(2)16(21-29(24,25)14-7-5-13(26-4)6-8-14)17(23)27-9-15(22)20-18-19-12(3)10-28-18/h5-8,10-11,16,21H,9H2,1-4H3,(H,19,20,22)/t16-/m0/s1. The molecule has 1 heterocycles. The Balaban J connectivity index is 1.99. The summed E-state index contributed by atoms with van der Waals surface area (Å²) < 4.78 is 37.5. The molecule has 0 radical (unpaired) electrons. The summed E-state index contributed by atoms with van der Waals surface area (Å²) in [6, 6.07) is 4.59. The van der Waals surface area contributed by atoms with Gasteiger partial charge in [0.05, 0.1) is 17.7 Å². The van der Waals surface area contributed by atoms with Gasteiger partial charge in [-0.25, -0.2) is 13.4 Å². The van der Waals surface area contributed by atoms with Gasteiger partial charge < -0.3 is 9.47 Å². The Morgan fingerprint density at radius 3 is 2.38 bits per heavy atom. The highest BCUT2D eigenvalue weighted by atomic mass is 32.2. The van der Waals surface area contributed by atoms with E-state index in [0.29, 0.717) is 10.9 Å². The van der Waals surface area contributed by atoms with Gasteiger partial charge in [0.2, 0.25) is 10.0 Å². The van der Waals surface area contributed by atoms with Gasteiger partial charge in [-0.1, -0.05) is 13.8 Å². The van der Waals surface area contributed by atoms with E-state index in [2.05, 4.69) is 15.0 Å². The van der Waals surface area contributed by atoms with Gasteiger partial charge in [-0.15, -0.1) is 11.3 Å². The largest absolute Gasteiger partial charge is 0.497 e. The van der Waals surface area contributed by atoms with Crippen molar-refractivity contribution in [2.45, 2.75) is 31.7 Å². The number of carbonyl (C=O) groups excluding carboxylic acids is 2. The number of sulfonamides is 1. The van der Waals surface area contributed by atoms with Gasteiger partial charge in [0.15, 0.2) is 11.7 Å². The van der Waals surface area contributed by atoms with Crippen LogP contribution in [-0.2, 0) is 24.3 Å². The summed E-state index contributed by atoms with van der Waals surface area (Å²) in [6.07, 6.45) is 0. The average molecular weight is 442 g/mol. The Morgan fingerprint density at radius 1 is 1.21 bits per heavy atom. The molecule has 11 heteroatoms. The fraction of sp³-hybridized carbons (Fsp3) is 0.389. The van der Waals surface area contributed by atoms with Crippen molar-refractivity contribution in [2.24, 2.45) is 5.92 Å². The quantitative estimate of drug-likeness (QED) is 0.570. The minimum atomic E-state index is -3.97. The number of nitrogens with one attached hydrogen (secondary N) is 2. The second-order valence-corrected chi connectivity index (χ2v) is 9.04. The molecular formula is C18H23N3O6S2. The lowest BCUT2D eigenvalue weighted by atomic mass is 10.1. The highest BCUT2D eigenvalue weighted by Crippen LogP contribution is 2.17. The molecule has 0 bridgehead atoms. The third-order valence-electron chi connectivity index (χ3n) is 3.78. The number of methoxy groups -OCH3 is 1. The Hall–Kier alpha value is -2.50. The summed E-state index contributed by atoms with van der Waals surface area (Å²) >= 11 is 1.25. The van der Waals surface area contributed by atoms with Crippen LogP contribution in [0.4, 0.5) is 5.13 Å². The van der Waals surface area contributed by atoms with E-state index in [1.807, 2.05) is 0 Å². The first-order valence-corrected chi connectivity index (χ1v) is 11.0. The maximum atomic E-state index is 12.6. The van der Waals surface area contributed by atoms with E-state index in [1.54, 1.807) is 26.2 Å². The van der Waals surface area contributed by atoms with E-state index in [9.17, 15) is 18.0 Å². The number of hydrogen-bond donors (Lipinski definition) is 2. The average Bonchev–Trinajstić information content (AvgIpc) is 3.08. The van der Waals surface area contributed by atoms with E-state index < -0.39 is 40.5 Å². The molecule has 2 aromatic rings. The maximum absolute atomic E-state index is 12.6. The van der Waals surface area contributed by atoms with E-state index in [0.717, 1.165) is 5.69 Å². The van der Waals surface area contributed by atoms with Gasteiger partial charge in [-0.2, -0.15) is 4.72 Å². The summed E-state index contributed by atoms with van der Waals surface area (Å²) in [5, 5.41) is 4.67. The molecule has 1 aromatic heterocycles. The lowest BCUT2D eigenvalue weighted by molar-refractivity contribution is -0.150. The predicted octanol–water partition coefficient (Wildman–Crippen LogP) is 1.94. The SMILES string of the molecule is COc1ccc(S(=O)(=O)N[C@H](C(=O)OCC(=O)Nc2nc(C)cs2)C(C)C)cc1. The molecule has 9 nitrogen and oxygen atoms in total. The van der Waals surface area contributed by atoms with Crippen molar-refractivity contribution in [3.63, 3.8) is 0 Å². The third kappa shape index (κ3) is 6.51. The smallest absolute Gasteiger partial charge is 0.324 e. The first kappa shape index (κ1) is 22.8. The van der Waals surface area contributed by atoms with Crippen molar-refractivity contribution in [3.05, 3.63) is 35.3 Å². The molecule has 1 atom stereocenters. The molecule has 1 amide bonds. The van der Waals surface area contributed by atoms with Crippen LogP contribution in [0.15, 0.2) is 34.5 Å². The minimum absolute atomic E-state index is 0.0198. The molecule has 0 unspecified atom stereocenters. The van der Waals surface area contributed by atoms with E-state index in [1.165, 1.54) is 42.7 Å². The molecule has 0 aliphatic carbocycles. The number of hydrogen-bond acceptors (Lipinski definition) is 8. The number of carbonyl (C=O) groups is 2. The molecule has 0 aliphatic heterocycles. The summed E-state index contributed by atoms with van der Waals surface area (Å²) in [6.45, 7) is 4.57. The number of esters is 1. The normalized spacial score (nSPS) is 12.4. The van der Waals surface area contributed by atoms with Crippen LogP contribution in [-0.4, -0.2) is 45.0 Å². The molecular weight excluding hydrogens is 418 g/mol. The minimum Gasteiger partial charge on any atom is -0.497 e. The van der Waals surface area contributed by atoms with Crippen LogP contribution < -0.4 is 14.8 Å². The lowest BCUT2D eigenvalue weighted by Gasteiger charge is -2.20. The Morgan fingerprint density at radius 2 is 1.86 bits per heavy atom. The molecule has 29 heavy (non-hydrogen) atoms. The molecule has 158 valence electrons. The topological polar surface area (TPSA) is 124 Å². The van der Waals surface area contributed by atoms with Crippen molar-refractivity contribution in [2.75, 3.05) is 19.0 Å². The number of nitrogens with zero attached hydrogens (tertiary/aromatic N) is 1. The Bertz CT molecular complexity index is 954. The van der Waals surface area contributed by atoms with Gasteiger partial charge in [0.1, 0.15) is 11.8 Å². The van der Waals surface area contributed by atoms with Crippen molar-refractivity contribution in [3.8, 4) is 5.75 Å². The summed E-state index contributed by atoms with van der Waals surface area (Å²) in [4.78, 5) is 28.4. The molecule has 0 spiro atoms. The van der Waals surface area contributed by atoms with Gasteiger partial charge in [0.25, 0.3) is 5.91 Å². The van der Waals surface area contributed by atoms with Crippen molar-refractivity contribution in [1.29, 1.82) is 0 Å². The first-order chi connectivity index (χ1) is 13.6. The van der Waals surface area contributed by atoms with Crippen LogP contribution >= 0.6 is 11.3 Å². The third-order valence-corrected chi connectivity index (χ3v) is 6.12. The molecule has 2 N–H and O–H groups in total. The zero-order valence-corrected chi connectivity index (χ0v) is 18.1. The van der Waals surface area contributed by atoms with Gasteiger partial charge in [-0.3, -0.25) is 14.9 Å². The van der Waals surface area contributed by atoms with Crippen LogP contribution in [0, 0.1) is 12.8 Å².